The molecule has 4 nitrogen and oxygen atoms in total. The van der Waals surface area contributed by atoms with Gasteiger partial charge < -0.3 is 15.4 Å². The summed E-state index contributed by atoms with van der Waals surface area (Å²) in [6.07, 6.45) is 4.46. The van der Waals surface area contributed by atoms with Gasteiger partial charge in [0, 0.05) is 19.1 Å². The number of hydrogen-bond acceptors (Lipinski definition) is 3. The molecule has 1 aliphatic carbocycles. The first-order valence-corrected chi connectivity index (χ1v) is 7.88. The molecule has 2 N–H and O–H groups in total. The Hall–Kier alpha value is -1.39. The van der Waals surface area contributed by atoms with Gasteiger partial charge in [-0.05, 0) is 43.2 Å². The average Bonchev–Trinajstić information content (AvgIpc) is 2.53. The lowest BCUT2D eigenvalue weighted by atomic mass is 9.90. The van der Waals surface area contributed by atoms with Crippen LogP contribution in [0.1, 0.15) is 42.9 Å². The maximum atomic E-state index is 12.8. The Bertz CT molecular complexity index is 509. The van der Waals surface area contributed by atoms with Crippen LogP contribution >= 0.6 is 0 Å². The molecule has 1 aromatic carbocycles. The Morgan fingerprint density at radius 1 is 1.24 bits per heavy atom. The van der Waals surface area contributed by atoms with Gasteiger partial charge in [0.15, 0.2) is 6.10 Å². The van der Waals surface area contributed by atoms with Crippen LogP contribution in [0.3, 0.4) is 0 Å². The largest absolute Gasteiger partial charge is 0.363 e. The van der Waals surface area contributed by atoms with Crippen LogP contribution in [-0.2, 0) is 16.0 Å². The average molecular weight is 288 g/mol. The van der Waals surface area contributed by atoms with Gasteiger partial charge in [-0.1, -0.05) is 24.3 Å². The molecule has 21 heavy (non-hydrogen) atoms. The van der Waals surface area contributed by atoms with Gasteiger partial charge in [0.25, 0.3) is 5.91 Å². The van der Waals surface area contributed by atoms with Crippen LogP contribution in [-0.4, -0.2) is 36.5 Å². The number of nitrogens with two attached hydrogens (primary N) is 1. The lowest BCUT2D eigenvalue weighted by Gasteiger charge is -2.36. The molecule has 1 unspecified atom stereocenters. The number of ether oxygens (including phenoxy) is 1. The summed E-state index contributed by atoms with van der Waals surface area (Å²) in [5.41, 5.74) is 8.22. The van der Waals surface area contributed by atoms with E-state index in [0.29, 0.717) is 18.7 Å². The highest BCUT2D eigenvalue weighted by molar-refractivity contribution is 5.83. The first-order chi connectivity index (χ1) is 10.2. The molecule has 1 heterocycles. The van der Waals surface area contributed by atoms with E-state index in [2.05, 4.69) is 6.07 Å². The van der Waals surface area contributed by atoms with E-state index >= 15 is 0 Å². The van der Waals surface area contributed by atoms with Crippen LogP contribution in [0.15, 0.2) is 24.3 Å². The Kier molecular flexibility index (Phi) is 4.27. The van der Waals surface area contributed by atoms with Gasteiger partial charge in [-0.3, -0.25) is 4.79 Å². The Morgan fingerprint density at radius 3 is 2.71 bits per heavy atom. The minimum absolute atomic E-state index is 0.0858. The van der Waals surface area contributed by atoms with Gasteiger partial charge in [0.05, 0.1) is 6.61 Å². The van der Waals surface area contributed by atoms with Gasteiger partial charge in [0.1, 0.15) is 0 Å². The first kappa shape index (κ1) is 14.5. The predicted octanol–water partition coefficient (Wildman–Crippen LogP) is 2.03. The number of fused-ring (bicyclic) bond motifs is 1. The molecule has 3 rings (SSSR count). The van der Waals surface area contributed by atoms with Crippen molar-refractivity contribution in [1.29, 1.82) is 0 Å². The van der Waals surface area contributed by atoms with Crippen molar-refractivity contribution in [3.63, 3.8) is 0 Å². The minimum atomic E-state index is -0.435. The topological polar surface area (TPSA) is 55.6 Å². The van der Waals surface area contributed by atoms with Crippen LogP contribution in [0, 0.1) is 0 Å². The van der Waals surface area contributed by atoms with E-state index in [4.69, 9.17) is 10.5 Å². The number of likely N-dealkylation sites (N-methyl/N-ethyl adjacent to an activating group) is 1. The Morgan fingerprint density at radius 2 is 1.95 bits per heavy atom. The van der Waals surface area contributed by atoms with E-state index in [1.165, 1.54) is 5.56 Å². The van der Waals surface area contributed by atoms with Crippen molar-refractivity contribution in [2.45, 2.75) is 50.3 Å². The highest BCUT2D eigenvalue weighted by Gasteiger charge is 2.33. The summed E-state index contributed by atoms with van der Waals surface area (Å²) in [5, 5.41) is 0. The van der Waals surface area contributed by atoms with E-state index in [9.17, 15) is 4.79 Å². The smallest absolute Gasteiger partial charge is 0.256 e. The summed E-state index contributed by atoms with van der Waals surface area (Å²) in [7, 11) is 1.91. The van der Waals surface area contributed by atoms with Gasteiger partial charge in [-0.25, -0.2) is 0 Å². The quantitative estimate of drug-likeness (QED) is 0.906. The molecule has 2 aliphatic rings. The first-order valence-electron chi connectivity index (χ1n) is 7.88. The number of carbonyl (C=O) groups excluding carboxylic acids is 1. The van der Waals surface area contributed by atoms with Crippen LogP contribution in [0.2, 0.25) is 0 Å². The number of rotatable bonds is 2. The van der Waals surface area contributed by atoms with Crippen LogP contribution in [0.4, 0.5) is 0 Å². The van der Waals surface area contributed by atoms with E-state index in [1.54, 1.807) is 0 Å². The number of hydrogen-bond donors (Lipinski definition) is 1. The normalized spacial score (nSPS) is 28.8. The summed E-state index contributed by atoms with van der Waals surface area (Å²) in [4.78, 5) is 14.7. The molecule has 1 amide bonds. The number of benzene rings is 1. The van der Waals surface area contributed by atoms with Crippen molar-refractivity contribution in [2.24, 2.45) is 5.73 Å². The second-order valence-corrected chi connectivity index (χ2v) is 6.22. The third-order valence-corrected chi connectivity index (χ3v) is 4.85. The fourth-order valence-electron chi connectivity index (χ4n) is 3.45. The molecule has 1 fully saturated rings. The van der Waals surface area contributed by atoms with Crippen LogP contribution in [0.25, 0.3) is 0 Å². The molecule has 4 heteroatoms. The molecule has 114 valence electrons. The second-order valence-electron chi connectivity index (χ2n) is 6.22. The summed E-state index contributed by atoms with van der Waals surface area (Å²) in [6.45, 7) is 0.622. The van der Waals surface area contributed by atoms with E-state index in [-0.39, 0.29) is 5.91 Å². The zero-order valence-corrected chi connectivity index (χ0v) is 12.6. The highest BCUT2D eigenvalue weighted by atomic mass is 16.5. The summed E-state index contributed by atoms with van der Waals surface area (Å²) in [5.74, 6) is 0.0858. The molecule has 1 saturated carbocycles. The molecule has 0 bridgehead atoms. The van der Waals surface area contributed by atoms with Gasteiger partial charge in [0.2, 0.25) is 0 Å². The van der Waals surface area contributed by atoms with Gasteiger partial charge in [-0.15, -0.1) is 0 Å². The molecule has 0 aromatic heterocycles. The molecular formula is C17H24N2O2. The number of amides is 1. The van der Waals surface area contributed by atoms with Crippen molar-refractivity contribution in [2.75, 3.05) is 13.7 Å². The highest BCUT2D eigenvalue weighted by Crippen LogP contribution is 2.30. The molecule has 0 radical (unpaired) electrons. The standard InChI is InChI=1S/C17H24N2O2/c1-19(14-8-6-13(18)7-9-14)17(20)16-15-5-3-2-4-12(15)10-11-21-16/h2-5,13-14,16H,6-11,18H2,1H3. The molecule has 0 saturated heterocycles. The van der Waals surface area contributed by atoms with Crippen molar-refractivity contribution in [1.82, 2.24) is 4.90 Å². The van der Waals surface area contributed by atoms with Crippen molar-refractivity contribution < 1.29 is 9.53 Å². The zero-order valence-electron chi connectivity index (χ0n) is 12.6. The second kappa shape index (κ2) is 6.16. The van der Waals surface area contributed by atoms with E-state index < -0.39 is 6.10 Å². The van der Waals surface area contributed by atoms with Crippen molar-refractivity contribution in [3.8, 4) is 0 Å². The molecule has 1 aliphatic heterocycles. The van der Waals surface area contributed by atoms with E-state index in [1.807, 2.05) is 30.1 Å². The monoisotopic (exact) mass is 288 g/mol. The Balaban J connectivity index is 1.73. The van der Waals surface area contributed by atoms with Crippen LogP contribution < -0.4 is 5.73 Å². The lowest BCUT2D eigenvalue weighted by molar-refractivity contribution is -0.146. The van der Waals surface area contributed by atoms with E-state index in [0.717, 1.165) is 37.7 Å². The third-order valence-electron chi connectivity index (χ3n) is 4.85. The number of nitrogens with zero attached hydrogens (tertiary/aromatic N) is 1. The lowest BCUT2D eigenvalue weighted by Crippen LogP contribution is -2.44. The molecule has 0 spiro atoms. The Labute approximate surface area is 126 Å². The summed E-state index contributed by atoms with van der Waals surface area (Å²) >= 11 is 0. The SMILES string of the molecule is CN(C(=O)C1OCCc2ccccc21)C1CCC(N)CC1. The van der Waals surface area contributed by atoms with Crippen molar-refractivity contribution >= 4 is 5.91 Å². The maximum Gasteiger partial charge on any atom is 0.256 e. The maximum absolute atomic E-state index is 12.8. The molecule has 1 aromatic rings. The van der Waals surface area contributed by atoms with Crippen LogP contribution in [0.5, 0.6) is 0 Å². The minimum Gasteiger partial charge on any atom is -0.363 e. The zero-order chi connectivity index (χ0) is 14.8. The third kappa shape index (κ3) is 2.97. The van der Waals surface area contributed by atoms with Crippen molar-refractivity contribution in [3.05, 3.63) is 35.4 Å². The predicted molar refractivity (Wildman–Crippen MR) is 81.8 cm³/mol. The molecule has 1 atom stereocenters. The molecular weight excluding hydrogens is 264 g/mol. The fourth-order valence-corrected chi connectivity index (χ4v) is 3.45. The number of carbonyl (C=O) groups is 1. The summed E-state index contributed by atoms with van der Waals surface area (Å²) in [6, 6.07) is 8.72. The fraction of sp³-hybridized carbons (Fsp3) is 0.588. The van der Waals surface area contributed by atoms with Gasteiger partial charge >= 0.3 is 0 Å². The summed E-state index contributed by atoms with van der Waals surface area (Å²) < 4.78 is 5.78. The van der Waals surface area contributed by atoms with Gasteiger partial charge in [-0.2, -0.15) is 0 Å².